The second-order valence-electron chi connectivity index (χ2n) is 5.47. The van der Waals surface area contributed by atoms with E-state index in [2.05, 4.69) is 20.2 Å². The maximum atomic E-state index is 11.7. The number of hydrogen-bond donors (Lipinski definition) is 3. The Morgan fingerprint density at radius 2 is 1.81 bits per heavy atom. The van der Waals surface area contributed by atoms with Crippen LogP contribution in [0.15, 0.2) is 44.2 Å². The Morgan fingerprint density at radius 1 is 1.15 bits per heavy atom. The van der Waals surface area contributed by atoms with E-state index < -0.39 is 15.7 Å². The number of nitrogens with two attached hydrogens (primary N) is 2. The third-order valence-corrected chi connectivity index (χ3v) is 4.59. The smallest absolute Gasteiger partial charge is 0.348 e. The lowest BCUT2D eigenvalue weighted by molar-refractivity contribution is 0.122. The number of ether oxygens (including phenoxy) is 1. The van der Waals surface area contributed by atoms with Crippen molar-refractivity contribution in [1.82, 2.24) is 9.97 Å². The van der Waals surface area contributed by atoms with Gasteiger partial charge in [0.2, 0.25) is 10.0 Å². The highest BCUT2D eigenvalue weighted by Gasteiger charge is 2.19. The molecule has 0 spiro atoms. The Bertz CT molecular complexity index is 979. The fourth-order valence-corrected chi connectivity index (χ4v) is 2.89. The molecule has 1 aromatic heterocycles. The fourth-order valence-electron chi connectivity index (χ4n) is 2.38. The Labute approximate surface area is 148 Å². The first-order valence-corrected chi connectivity index (χ1v) is 9.16. The van der Waals surface area contributed by atoms with Crippen molar-refractivity contribution in [1.29, 1.82) is 0 Å². The number of aromatic nitrogens is 2. The van der Waals surface area contributed by atoms with Crippen molar-refractivity contribution < 1.29 is 13.2 Å². The van der Waals surface area contributed by atoms with E-state index in [1.807, 2.05) is 4.90 Å². The molecular formula is C14H17N7O4S. The summed E-state index contributed by atoms with van der Waals surface area (Å²) in [5, 5.41) is 13.2. The van der Waals surface area contributed by atoms with Crippen LogP contribution in [0.4, 0.5) is 23.0 Å². The maximum absolute atomic E-state index is 11.7. The molecule has 11 nitrogen and oxygen atoms in total. The van der Waals surface area contributed by atoms with E-state index in [9.17, 15) is 13.2 Å². The van der Waals surface area contributed by atoms with Gasteiger partial charge in [-0.2, -0.15) is 10.1 Å². The molecule has 0 radical (unpaired) electrons. The first-order valence-electron chi connectivity index (χ1n) is 7.62. The van der Waals surface area contributed by atoms with E-state index in [-0.39, 0.29) is 16.4 Å². The predicted octanol–water partition coefficient (Wildman–Crippen LogP) is 0.252. The van der Waals surface area contributed by atoms with Crippen LogP contribution in [0.5, 0.6) is 0 Å². The van der Waals surface area contributed by atoms with Gasteiger partial charge in [-0.25, -0.2) is 18.4 Å². The normalized spacial score (nSPS) is 15.5. The van der Waals surface area contributed by atoms with Crippen LogP contribution >= 0.6 is 0 Å². The molecule has 1 saturated heterocycles. The number of nitrogens with one attached hydrogen (secondary N) is 1. The first kappa shape index (κ1) is 18.0. The van der Waals surface area contributed by atoms with Gasteiger partial charge in [0.05, 0.1) is 23.8 Å². The number of aromatic amines is 1. The number of rotatable bonds is 4. The number of azo groups is 1. The summed E-state index contributed by atoms with van der Waals surface area (Å²) in [5.74, 6) is 0.357. The molecule has 0 unspecified atom stereocenters. The van der Waals surface area contributed by atoms with Crippen LogP contribution in [0, 0.1) is 0 Å². The number of nitrogen functional groups attached to an aromatic ring is 1. The van der Waals surface area contributed by atoms with E-state index in [1.165, 1.54) is 24.3 Å². The molecule has 2 aromatic rings. The molecule has 1 aliphatic rings. The van der Waals surface area contributed by atoms with Gasteiger partial charge in [-0.05, 0) is 24.3 Å². The largest absolute Gasteiger partial charge is 0.383 e. The lowest BCUT2D eigenvalue weighted by Crippen LogP contribution is -2.38. The summed E-state index contributed by atoms with van der Waals surface area (Å²) in [6.45, 7) is 2.09. The molecular weight excluding hydrogens is 362 g/mol. The monoisotopic (exact) mass is 379 g/mol. The number of benzene rings is 1. The minimum absolute atomic E-state index is 0.0318. The van der Waals surface area contributed by atoms with Crippen LogP contribution < -0.4 is 21.5 Å². The lowest BCUT2D eigenvalue weighted by atomic mass is 10.3. The summed E-state index contributed by atoms with van der Waals surface area (Å²) < 4.78 is 27.8. The highest BCUT2D eigenvalue weighted by Crippen LogP contribution is 2.31. The second-order valence-corrected chi connectivity index (χ2v) is 7.03. The number of sulfonamides is 1. The van der Waals surface area contributed by atoms with Crippen LogP contribution in [0.25, 0.3) is 0 Å². The number of primary sulfonamides is 1. The van der Waals surface area contributed by atoms with Crippen LogP contribution in [-0.4, -0.2) is 44.7 Å². The molecule has 1 fully saturated rings. The standard InChI is InChI=1S/C14H17N7O4S/c15-12-11(13(18-14(22)17-12)21-5-7-25-8-6-21)20-19-9-1-3-10(4-2-9)26(16,23)24/h1-4H,5-8H2,(H2,16,23,24)(H3,15,17,18,22). The average Bonchev–Trinajstić information content (AvgIpc) is 2.61. The molecule has 138 valence electrons. The van der Waals surface area contributed by atoms with Crippen molar-refractivity contribution in [2.24, 2.45) is 15.4 Å². The van der Waals surface area contributed by atoms with E-state index in [0.717, 1.165) is 0 Å². The molecule has 5 N–H and O–H groups in total. The Hall–Kier alpha value is -2.83. The van der Waals surface area contributed by atoms with E-state index in [4.69, 9.17) is 15.6 Å². The minimum atomic E-state index is -3.78. The zero-order valence-electron chi connectivity index (χ0n) is 13.6. The van der Waals surface area contributed by atoms with Crippen LogP contribution in [-0.2, 0) is 14.8 Å². The van der Waals surface area contributed by atoms with E-state index in [0.29, 0.717) is 37.8 Å². The zero-order valence-corrected chi connectivity index (χ0v) is 14.4. The molecule has 0 bridgehead atoms. The third kappa shape index (κ3) is 4.04. The third-order valence-electron chi connectivity index (χ3n) is 3.66. The number of anilines is 2. The molecule has 0 amide bonds. The molecule has 26 heavy (non-hydrogen) atoms. The topological polar surface area (TPSA) is 169 Å². The number of nitrogens with zero attached hydrogens (tertiary/aromatic N) is 4. The Balaban J connectivity index is 1.93. The SMILES string of the molecule is Nc1[nH]c(=O)nc(N2CCOCC2)c1N=Nc1ccc(S(N)(=O)=O)cc1. The van der Waals surface area contributed by atoms with E-state index >= 15 is 0 Å². The predicted molar refractivity (Wildman–Crippen MR) is 94.3 cm³/mol. The Morgan fingerprint density at radius 3 is 2.42 bits per heavy atom. The highest BCUT2D eigenvalue weighted by molar-refractivity contribution is 7.89. The quantitative estimate of drug-likeness (QED) is 0.639. The van der Waals surface area contributed by atoms with Gasteiger partial charge >= 0.3 is 5.69 Å². The summed E-state index contributed by atoms with van der Waals surface area (Å²) in [6, 6.07) is 5.54. The summed E-state index contributed by atoms with van der Waals surface area (Å²) in [7, 11) is -3.78. The number of morpholine rings is 1. The zero-order chi connectivity index (χ0) is 18.7. The summed E-state index contributed by atoms with van der Waals surface area (Å²) in [6.07, 6.45) is 0. The van der Waals surface area contributed by atoms with Crippen molar-refractivity contribution in [3.05, 3.63) is 34.7 Å². The minimum Gasteiger partial charge on any atom is -0.383 e. The van der Waals surface area contributed by atoms with Crippen LogP contribution in [0.3, 0.4) is 0 Å². The average molecular weight is 379 g/mol. The lowest BCUT2D eigenvalue weighted by Gasteiger charge is -2.28. The maximum Gasteiger partial charge on any atom is 0.348 e. The number of hydrogen-bond acceptors (Lipinski definition) is 9. The molecule has 2 heterocycles. The highest BCUT2D eigenvalue weighted by atomic mass is 32.2. The van der Waals surface area contributed by atoms with Crippen molar-refractivity contribution >= 4 is 33.0 Å². The summed E-state index contributed by atoms with van der Waals surface area (Å²) in [5.41, 5.74) is 5.90. The number of H-pyrrole nitrogens is 1. The second kappa shape index (κ2) is 7.19. The molecule has 1 aliphatic heterocycles. The molecule has 0 saturated carbocycles. The van der Waals surface area contributed by atoms with Crippen molar-refractivity contribution in [2.75, 3.05) is 36.9 Å². The van der Waals surface area contributed by atoms with Crippen molar-refractivity contribution in [2.45, 2.75) is 4.90 Å². The van der Waals surface area contributed by atoms with Gasteiger partial charge in [-0.1, -0.05) is 0 Å². The molecule has 1 aromatic carbocycles. The molecule has 3 rings (SSSR count). The summed E-state index contributed by atoms with van der Waals surface area (Å²) in [4.78, 5) is 19.8. The van der Waals surface area contributed by atoms with Gasteiger partial charge in [0.1, 0.15) is 5.82 Å². The van der Waals surface area contributed by atoms with Gasteiger partial charge in [-0.15, -0.1) is 5.11 Å². The molecule has 0 aliphatic carbocycles. The molecule has 0 atom stereocenters. The van der Waals surface area contributed by atoms with Gasteiger partial charge in [0.15, 0.2) is 11.5 Å². The van der Waals surface area contributed by atoms with Gasteiger partial charge in [-0.3, -0.25) is 4.98 Å². The van der Waals surface area contributed by atoms with Gasteiger partial charge in [0.25, 0.3) is 0 Å². The van der Waals surface area contributed by atoms with Crippen molar-refractivity contribution in [3.63, 3.8) is 0 Å². The van der Waals surface area contributed by atoms with Crippen LogP contribution in [0.1, 0.15) is 0 Å². The van der Waals surface area contributed by atoms with E-state index in [1.54, 1.807) is 0 Å². The van der Waals surface area contributed by atoms with Gasteiger partial charge < -0.3 is 15.4 Å². The fraction of sp³-hybridized carbons (Fsp3) is 0.286. The first-order chi connectivity index (χ1) is 12.3. The van der Waals surface area contributed by atoms with Crippen molar-refractivity contribution in [3.8, 4) is 0 Å². The Kier molecular flexibility index (Phi) is 4.97. The summed E-state index contributed by atoms with van der Waals surface area (Å²) >= 11 is 0. The van der Waals surface area contributed by atoms with Gasteiger partial charge in [0, 0.05) is 13.1 Å². The molecule has 12 heteroatoms. The van der Waals surface area contributed by atoms with Crippen LogP contribution in [0.2, 0.25) is 0 Å².